The minimum absolute atomic E-state index is 0.175. The van der Waals surface area contributed by atoms with Crippen LogP contribution in [-0.4, -0.2) is 35.3 Å². The van der Waals surface area contributed by atoms with Crippen LogP contribution < -0.4 is 0 Å². The molecule has 30 heavy (non-hydrogen) atoms. The molecule has 1 aliphatic heterocycles. The van der Waals surface area contributed by atoms with Crippen LogP contribution in [0.1, 0.15) is 25.0 Å². The quantitative estimate of drug-likeness (QED) is 0.240. The van der Waals surface area contributed by atoms with Gasteiger partial charge in [0.05, 0.1) is 18.9 Å². The molecule has 1 aliphatic rings. The number of benzene rings is 2. The molecular formula is C22H20Cl2N2O4. The van der Waals surface area contributed by atoms with Crippen LogP contribution in [0.25, 0.3) is 0 Å². The summed E-state index contributed by atoms with van der Waals surface area (Å²) in [4.78, 5) is 28.3. The van der Waals surface area contributed by atoms with Crippen LogP contribution in [0, 0.1) is 0 Å². The Balaban J connectivity index is 2.25. The van der Waals surface area contributed by atoms with Gasteiger partial charge in [0.2, 0.25) is 0 Å². The number of amides is 1. The van der Waals surface area contributed by atoms with Gasteiger partial charge in [-0.15, -0.1) is 0 Å². The van der Waals surface area contributed by atoms with Crippen LogP contribution in [0.15, 0.2) is 65.5 Å². The first-order valence-corrected chi connectivity index (χ1v) is 9.79. The molecule has 1 atom stereocenters. The van der Waals surface area contributed by atoms with Crippen molar-refractivity contribution in [2.75, 3.05) is 7.11 Å². The van der Waals surface area contributed by atoms with Crippen LogP contribution in [0.2, 0.25) is 10.0 Å². The summed E-state index contributed by atoms with van der Waals surface area (Å²) in [6.45, 7) is 3.60. The van der Waals surface area contributed by atoms with E-state index in [1.165, 1.54) is 18.2 Å². The molecule has 0 spiro atoms. The molecular weight excluding hydrogens is 427 g/mol. The highest BCUT2D eigenvalue weighted by Crippen LogP contribution is 2.45. The van der Waals surface area contributed by atoms with Crippen molar-refractivity contribution < 1.29 is 19.5 Å². The lowest BCUT2D eigenvalue weighted by Crippen LogP contribution is -2.51. The number of halogens is 2. The fourth-order valence-corrected chi connectivity index (χ4v) is 4.23. The van der Waals surface area contributed by atoms with Gasteiger partial charge in [0.1, 0.15) is 0 Å². The fraction of sp³-hybridized carbons (Fsp3) is 0.227. The monoisotopic (exact) mass is 446 g/mol. The Hall–Kier alpha value is -2.83. The standard InChI is InChI=1S/C22H20Cl2N2O4/c1-21(2,15-9-17(23)11-18(24)10-15)26-13-16(12-25-29)22(19(26)27,20(28)30-3)14-7-5-4-6-8-14/h4-13,29H,1-3H3/b25-12+. The van der Waals surface area contributed by atoms with Crippen molar-refractivity contribution in [1.82, 2.24) is 4.90 Å². The zero-order valence-electron chi connectivity index (χ0n) is 16.6. The van der Waals surface area contributed by atoms with Gasteiger partial charge in [-0.1, -0.05) is 58.7 Å². The van der Waals surface area contributed by atoms with Crippen molar-refractivity contribution >= 4 is 41.3 Å². The Morgan fingerprint density at radius 3 is 2.30 bits per heavy atom. The number of carbonyl (C=O) groups excluding carboxylic acids is 2. The summed E-state index contributed by atoms with van der Waals surface area (Å²) in [5.74, 6) is -1.33. The Morgan fingerprint density at radius 2 is 1.77 bits per heavy atom. The van der Waals surface area contributed by atoms with E-state index in [2.05, 4.69) is 5.16 Å². The van der Waals surface area contributed by atoms with Gasteiger partial charge in [0, 0.05) is 21.8 Å². The molecule has 0 fully saturated rings. The summed E-state index contributed by atoms with van der Waals surface area (Å²) < 4.78 is 5.03. The summed E-state index contributed by atoms with van der Waals surface area (Å²) >= 11 is 12.3. The van der Waals surface area contributed by atoms with E-state index in [0.717, 1.165) is 6.21 Å². The maximum Gasteiger partial charge on any atom is 0.330 e. The topological polar surface area (TPSA) is 79.2 Å². The van der Waals surface area contributed by atoms with Crippen LogP contribution in [0.4, 0.5) is 0 Å². The van der Waals surface area contributed by atoms with Gasteiger partial charge in [-0.2, -0.15) is 0 Å². The first-order valence-electron chi connectivity index (χ1n) is 9.03. The van der Waals surface area contributed by atoms with Gasteiger partial charge in [-0.05, 0) is 43.2 Å². The number of carbonyl (C=O) groups is 2. The van der Waals surface area contributed by atoms with E-state index < -0.39 is 22.8 Å². The number of esters is 1. The highest BCUT2D eigenvalue weighted by molar-refractivity contribution is 6.34. The van der Waals surface area contributed by atoms with Crippen LogP contribution >= 0.6 is 23.2 Å². The third-order valence-electron chi connectivity index (χ3n) is 5.31. The molecule has 0 radical (unpaired) electrons. The molecule has 8 heteroatoms. The van der Waals surface area contributed by atoms with Crippen molar-refractivity contribution in [2.45, 2.75) is 24.8 Å². The molecule has 2 aromatic carbocycles. The number of ether oxygens (including phenoxy) is 1. The van der Waals surface area contributed by atoms with Crippen molar-refractivity contribution in [3.63, 3.8) is 0 Å². The highest BCUT2D eigenvalue weighted by atomic mass is 35.5. The lowest BCUT2D eigenvalue weighted by Gasteiger charge is -2.37. The van der Waals surface area contributed by atoms with Gasteiger partial charge in [0.15, 0.2) is 5.41 Å². The van der Waals surface area contributed by atoms with Crippen molar-refractivity contribution in [3.8, 4) is 0 Å². The maximum atomic E-state index is 13.9. The molecule has 1 heterocycles. The van der Waals surface area contributed by atoms with E-state index in [0.29, 0.717) is 21.2 Å². The molecule has 0 aromatic heterocycles. The second-order valence-electron chi connectivity index (χ2n) is 7.33. The Labute approximate surface area is 184 Å². The normalized spacial score (nSPS) is 19.3. The van der Waals surface area contributed by atoms with Gasteiger partial charge in [0.25, 0.3) is 5.91 Å². The summed E-state index contributed by atoms with van der Waals surface area (Å²) in [5.41, 5.74) is -1.52. The molecule has 1 N–H and O–H groups in total. The van der Waals surface area contributed by atoms with Gasteiger partial charge < -0.3 is 14.8 Å². The number of oxime groups is 1. The van der Waals surface area contributed by atoms with Crippen molar-refractivity contribution in [3.05, 3.63) is 81.5 Å². The van der Waals surface area contributed by atoms with E-state index in [-0.39, 0.29) is 5.57 Å². The van der Waals surface area contributed by atoms with Crippen molar-refractivity contribution in [2.24, 2.45) is 5.16 Å². The zero-order chi connectivity index (χ0) is 22.1. The lowest BCUT2D eigenvalue weighted by molar-refractivity contribution is -0.153. The zero-order valence-corrected chi connectivity index (χ0v) is 18.1. The first kappa shape index (κ1) is 21.9. The maximum absolute atomic E-state index is 13.9. The minimum atomic E-state index is -1.82. The number of hydrogen-bond acceptors (Lipinski definition) is 5. The average molecular weight is 447 g/mol. The Bertz CT molecular complexity index is 1030. The Morgan fingerprint density at radius 1 is 1.17 bits per heavy atom. The predicted octanol–water partition coefficient (Wildman–Crippen LogP) is 4.53. The second kappa shape index (κ2) is 8.13. The first-order chi connectivity index (χ1) is 14.2. The SMILES string of the molecule is COC(=O)C1(c2ccccc2)C(=O)N(C(C)(C)c2cc(Cl)cc(Cl)c2)C=C1/C=N/O. The molecule has 1 amide bonds. The summed E-state index contributed by atoms with van der Waals surface area (Å²) in [6.07, 6.45) is 2.56. The number of hydrogen-bond donors (Lipinski definition) is 1. The molecule has 156 valence electrons. The number of methoxy groups -OCH3 is 1. The second-order valence-corrected chi connectivity index (χ2v) is 8.20. The van der Waals surface area contributed by atoms with Gasteiger partial charge in [-0.3, -0.25) is 9.59 Å². The molecule has 2 aromatic rings. The molecule has 0 saturated heterocycles. The smallest absolute Gasteiger partial charge is 0.330 e. The van der Waals surface area contributed by atoms with Crippen LogP contribution in [-0.2, 0) is 25.3 Å². The van der Waals surface area contributed by atoms with Crippen molar-refractivity contribution in [1.29, 1.82) is 0 Å². The molecule has 6 nitrogen and oxygen atoms in total. The average Bonchev–Trinajstić information content (AvgIpc) is 3.01. The number of rotatable bonds is 5. The largest absolute Gasteiger partial charge is 0.468 e. The van der Waals surface area contributed by atoms with Crippen LogP contribution in [0.3, 0.4) is 0 Å². The van der Waals surface area contributed by atoms with E-state index in [4.69, 9.17) is 27.9 Å². The number of nitrogens with zero attached hydrogens (tertiary/aromatic N) is 2. The van der Waals surface area contributed by atoms with E-state index in [9.17, 15) is 14.8 Å². The highest BCUT2D eigenvalue weighted by Gasteiger charge is 2.59. The van der Waals surface area contributed by atoms with Gasteiger partial charge >= 0.3 is 5.97 Å². The molecule has 0 aliphatic carbocycles. The molecule has 0 saturated carbocycles. The summed E-state index contributed by atoms with van der Waals surface area (Å²) in [5, 5.41) is 13.2. The molecule has 3 rings (SSSR count). The minimum Gasteiger partial charge on any atom is -0.468 e. The fourth-order valence-electron chi connectivity index (χ4n) is 3.71. The third-order valence-corrected chi connectivity index (χ3v) is 5.74. The van der Waals surface area contributed by atoms with Crippen LogP contribution in [0.5, 0.6) is 0 Å². The Kier molecular flexibility index (Phi) is 5.92. The van der Waals surface area contributed by atoms with E-state index in [1.807, 2.05) is 0 Å². The van der Waals surface area contributed by atoms with Gasteiger partial charge in [-0.25, -0.2) is 0 Å². The lowest BCUT2D eigenvalue weighted by atomic mass is 9.75. The third kappa shape index (κ3) is 3.36. The van der Waals surface area contributed by atoms with E-state index >= 15 is 0 Å². The predicted molar refractivity (Wildman–Crippen MR) is 115 cm³/mol. The van der Waals surface area contributed by atoms with E-state index in [1.54, 1.807) is 62.4 Å². The molecule has 0 bridgehead atoms. The molecule has 1 unspecified atom stereocenters. The summed E-state index contributed by atoms with van der Waals surface area (Å²) in [7, 11) is 1.21. The summed E-state index contributed by atoms with van der Waals surface area (Å²) in [6, 6.07) is 13.5.